The second-order valence-corrected chi connectivity index (χ2v) is 12.4. The minimum absolute atomic E-state index is 0.0867. The van der Waals surface area contributed by atoms with E-state index in [4.69, 9.17) is 49.0 Å². The van der Waals surface area contributed by atoms with Gasteiger partial charge in [0.05, 0.1) is 38.2 Å². The summed E-state index contributed by atoms with van der Waals surface area (Å²) >= 11 is 18.8. The minimum Gasteiger partial charge on any atom is -0.495 e. The van der Waals surface area contributed by atoms with Gasteiger partial charge in [-0.2, -0.15) is 0 Å². The quantitative estimate of drug-likeness (QED) is 0.393. The molecule has 1 amide bonds. The Morgan fingerprint density at radius 2 is 1.74 bits per heavy atom. The largest absolute Gasteiger partial charge is 0.495 e. The van der Waals surface area contributed by atoms with Crippen molar-refractivity contribution in [2.75, 3.05) is 46.4 Å². The topological polar surface area (TPSA) is 73.2 Å². The number of aromatic nitrogens is 1. The van der Waals surface area contributed by atoms with Gasteiger partial charge in [0.25, 0.3) is 9.70 Å². The molecule has 206 valence electrons. The van der Waals surface area contributed by atoms with Crippen LogP contribution in [0.25, 0.3) is 10.9 Å². The number of halogens is 3. The third kappa shape index (κ3) is 3.50. The van der Waals surface area contributed by atoms with Crippen molar-refractivity contribution in [2.24, 2.45) is 0 Å². The maximum atomic E-state index is 13.9. The lowest BCUT2D eigenvalue weighted by Gasteiger charge is -2.51. The number of fused-ring (bicyclic) bond motifs is 4. The second kappa shape index (κ2) is 9.11. The fourth-order valence-corrected chi connectivity index (χ4v) is 7.20. The lowest BCUT2D eigenvalue weighted by atomic mass is 9.73. The van der Waals surface area contributed by atoms with Gasteiger partial charge in [-0.05, 0) is 42.5 Å². The Morgan fingerprint density at radius 3 is 2.41 bits per heavy atom. The van der Waals surface area contributed by atoms with E-state index in [1.807, 2.05) is 25.2 Å². The van der Waals surface area contributed by atoms with Gasteiger partial charge < -0.3 is 24.0 Å². The molecule has 0 radical (unpaired) electrons. The predicted octanol–water partition coefficient (Wildman–Crippen LogP) is 5.09. The number of carbonyl (C=O) groups is 2. The monoisotopic (exact) mass is 591 g/mol. The van der Waals surface area contributed by atoms with Crippen molar-refractivity contribution in [1.82, 2.24) is 9.47 Å². The van der Waals surface area contributed by atoms with Crippen molar-refractivity contribution in [3.63, 3.8) is 0 Å². The van der Waals surface area contributed by atoms with E-state index in [-0.39, 0.29) is 25.3 Å². The van der Waals surface area contributed by atoms with E-state index in [9.17, 15) is 9.59 Å². The van der Waals surface area contributed by atoms with E-state index in [0.29, 0.717) is 40.4 Å². The zero-order chi connectivity index (χ0) is 27.9. The highest BCUT2D eigenvalue weighted by Gasteiger charge is 2.57. The first kappa shape index (κ1) is 26.4. The van der Waals surface area contributed by atoms with Gasteiger partial charge in [-0.25, -0.2) is 0 Å². The van der Waals surface area contributed by atoms with Crippen LogP contribution in [0.2, 0.25) is 0 Å². The summed E-state index contributed by atoms with van der Waals surface area (Å²) in [7, 11) is 6.77. The Morgan fingerprint density at radius 1 is 1.00 bits per heavy atom. The molecule has 39 heavy (non-hydrogen) atoms. The Kier molecular flexibility index (Phi) is 6.17. The van der Waals surface area contributed by atoms with Crippen LogP contribution in [0, 0.1) is 0 Å². The van der Waals surface area contributed by atoms with Gasteiger partial charge >= 0.3 is 0 Å². The van der Waals surface area contributed by atoms with Crippen molar-refractivity contribution >= 4 is 63.2 Å². The molecule has 3 aromatic rings. The molecule has 1 aromatic heterocycles. The standard InChI is InChI=1S/C28H28Cl3N3O5/c1-32-12-9-15-14-18(23(38-3)24(39-4)21(15)32)27-11-8-20(35)34-22-16(6-5-7-19(22)37-2)17(25(27)34)10-13-33(27)26(36)28(29,30)31/h5-7,14H,8-13H2,1-4H3/t27-/m0/s1. The van der Waals surface area contributed by atoms with Crippen molar-refractivity contribution in [3.05, 3.63) is 46.6 Å². The first-order valence-electron chi connectivity index (χ1n) is 12.7. The smallest absolute Gasteiger partial charge is 0.275 e. The van der Waals surface area contributed by atoms with Crippen LogP contribution in [0.15, 0.2) is 24.3 Å². The average Bonchev–Trinajstić information content (AvgIpc) is 3.47. The average molecular weight is 593 g/mol. The normalized spacial score (nSPS) is 20.2. The first-order valence-corrected chi connectivity index (χ1v) is 13.9. The molecule has 0 saturated carbocycles. The van der Waals surface area contributed by atoms with Gasteiger partial charge in [0.15, 0.2) is 11.5 Å². The van der Waals surface area contributed by atoms with Crippen LogP contribution in [0.1, 0.15) is 40.0 Å². The number of amides is 1. The van der Waals surface area contributed by atoms with Gasteiger partial charge in [-0.15, -0.1) is 0 Å². The fourth-order valence-electron chi connectivity index (χ4n) is 6.90. The summed E-state index contributed by atoms with van der Waals surface area (Å²) in [5, 5.41) is 0.900. The third-order valence-corrected chi connectivity index (χ3v) is 8.88. The molecule has 0 unspecified atom stereocenters. The lowest BCUT2D eigenvalue weighted by Crippen LogP contribution is -2.59. The van der Waals surface area contributed by atoms with Crippen LogP contribution in [0.5, 0.6) is 17.2 Å². The van der Waals surface area contributed by atoms with Crippen molar-refractivity contribution in [3.8, 4) is 17.2 Å². The fraction of sp³-hybridized carbons (Fsp3) is 0.429. The van der Waals surface area contributed by atoms with Crippen LogP contribution in [-0.4, -0.2) is 66.5 Å². The molecule has 0 aliphatic carbocycles. The van der Waals surface area contributed by atoms with Crippen LogP contribution in [-0.2, 0) is 23.2 Å². The van der Waals surface area contributed by atoms with Crippen molar-refractivity contribution in [2.45, 2.75) is 35.0 Å². The first-order chi connectivity index (χ1) is 18.6. The maximum absolute atomic E-state index is 13.9. The second-order valence-electron chi connectivity index (χ2n) is 10.1. The summed E-state index contributed by atoms with van der Waals surface area (Å²) in [6.07, 6.45) is 1.70. The molecule has 0 saturated heterocycles. The number of alkyl halides is 3. The van der Waals surface area contributed by atoms with Crippen molar-refractivity contribution < 1.29 is 23.8 Å². The number of nitrogens with zero attached hydrogens (tertiary/aromatic N) is 3. The number of para-hydroxylation sites is 1. The summed E-state index contributed by atoms with van der Waals surface area (Å²) in [5.74, 6) is 0.889. The highest BCUT2D eigenvalue weighted by atomic mass is 35.6. The Balaban J connectivity index is 1.79. The Hall–Kier alpha value is -2.81. The highest BCUT2D eigenvalue weighted by Crippen LogP contribution is 2.58. The predicted molar refractivity (Wildman–Crippen MR) is 151 cm³/mol. The zero-order valence-electron chi connectivity index (χ0n) is 22.1. The van der Waals surface area contributed by atoms with Gasteiger partial charge in [-0.1, -0.05) is 46.9 Å². The number of hydrogen-bond donors (Lipinski definition) is 0. The number of anilines is 1. The number of likely N-dealkylation sites (N-methyl/N-ethyl adjacent to an activating group) is 1. The maximum Gasteiger partial charge on any atom is 0.275 e. The number of benzene rings is 2. The molecule has 6 rings (SSSR count). The molecule has 1 atom stereocenters. The molecule has 0 bridgehead atoms. The van der Waals surface area contributed by atoms with Crippen LogP contribution in [0.3, 0.4) is 0 Å². The number of ether oxygens (including phenoxy) is 3. The lowest BCUT2D eigenvalue weighted by molar-refractivity contribution is -0.137. The van der Waals surface area contributed by atoms with E-state index in [1.54, 1.807) is 30.8 Å². The molecule has 3 aliphatic heterocycles. The molecule has 3 aliphatic rings. The van der Waals surface area contributed by atoms with Gasteiger partial charge in [0.1, 0.15) is 11.3 Å². The summed E-state index contributed by atoms with van der Waals surface area (Å²) in [6, 6.07) is 7.80. The molecule has 2 aromatic carbocycles. The summed E-state index contributed by atoms with van der Waals surface area (Å²) in [4.78, 5) is 31.3. The highest BCUT2D eigenvalue weighted by molar-refractivity contribution is 6.76. The van der Waals surface area contributed by atoms with E-state index < -0.39 is 15.2 Å². The van der Waals surface area contributed by atoms with Gasteiger partial charge in [0, 0.05) is 37.5 Å². The van der Waals surface area contributed by atoms with E-state index in [1.165, 1.54) is 0 Å². The number of methoxy groups -OCH3 is 3. The van der Waals surface area contributed by atoms with Crippen molar-refractivity contribution in [1.29, 1.82) is 0 Å². The third-order valence-electron chi connectivity index (χ3n) is 8.39. The molecular formula is C28H28Cl3N3O5. The number of rotatable bonds is 4. The molecular weight excluding hydrogens is 565 g/mol. The van der Waals surface area contributed by atoms with Crippen LogP contribution >= 0.6 is 34.8 Å². The van der Waals surface area contributed by atoms with Gasteiger partial charge in [0.2, 0.25) is 5.91 Å². The van der Waals surface area contributed by atoms with Gasteiger partial charge in [-0.3, -0.25) is 14.2 Å². The molecule has 4 heterocycles. The van der Waals surface area contributed by atoms with E-state index >= 15 is 0 Å². The Labute approximate surface area is 241 Å². The van der Waals surface area contributed by atoms with Crippen LogP contribution < -0.4 is 19.1 Å². The Bertz CT molecular complexity index is 1550. The van der Waals surface area contributed by atoms with Crippen LogP contribution in [0.4, 0.5) is 5.69 Å². The summed E-state index contributed by atoms with van der Waals surface area (Å²) in [6.45, 7) is 1.09. The zero-order valence-corrected chi connectivity index (χ0v) is 24.3. The summed E-state index contributed by atoms with van der Waals surface area (Å²) < 4.78 is 17.2. The molecule has 8 nitrogen and oxygen atoms in total. The van der Waals surface area contributed by atoms with E-state index in [0.717, 1.165) is 35.2 Å². The number of carbonyl (C=O) groups excluding carboxylic acids is 2. The molecule has 0 N–H and O–H groups in total. The minimum atomic E-state index is -2.20. The molecule has 0 fully saturated rings. The molecule has 0 spiro atoms. The molecule has 11 heteroatoms. The SMILES string of the molecule is COc1c([C@@]23CCC(=O)n4c2c(c2cccc(OC)c24)CCN3C(=O)C(Cl)(Cl)Cl)cc2c(c1OC)N(C)CC2. The number of hydrogen-bond acceptors (Lipinski definition) is 6. The summed E-state index contributed by atoms with van der Waals surface area (Å²) in [5.41, 5.74) is 3.86. The van der Waals surface area contributed by atoms with E-state index in [2.05, 4.69) is 11.0 Å².